The van der Waals surface area contributed by atoms with Crippen molar-refractivity contribution in [3.05, 3.63) is 58.3 Å². The molecule has 1 aromatic carbocycles. The number of nitrogens with zero attached hydrogens (tertiary/aromatic N) is 1. The number of carbonyl (C=O) groups excluding carboxylic acids is 1. The second kappa shape index (κ2) is 9.43. The predicted octanol–water partition coefficient (Wildman–Crippen LogP) is 3.69. The molecule has 1 atom stereocenters. The highest BCUT2D eigenvalue weighted by molar-refractivity contribution is 7.89. The molecule has 1 saturated heterocycles. The number of ether oxygens (including phenoxy) is 1. The van der Waals surface area contributed by atoms with Gasteiger partial charge in [-0.2, -0.15) is 4.31 Å². The molecule has 1 aliphatic rings. The van der Waals surface area contributed by atoms with Gasteiger partial charge in [0.15, 0.2) is 0 Å². The molecule has 0 radical (unpaired) electrons. The average molecular weight is 449 g/mol. The summed E-state index contributed by atoms with van der Waals surface area (Å²) in [5.41, 5.74) is 0.638. The number of thiophene rings is 1. The highest BCUT2D eigenvalue weighted by atomic mass is 32.2. The van der Waals surface area contributed by atoms with Gasteiger partial charge < -0.3 is 10.1 Å². The summed E-state index contributed by atoms with van der Waals surface area (Å²) in [6, 6.07) is 10.5. The Morgan fingerprint density at radius 3 is 2.40 bits per heavy atom. The van der Waals surface area contributed by atoms with Gasteiger partial charge in [0, 0.05) is 24.0 Å². The van der Waals surface area contributed by atoms with Crippen molar-refractivity contribution in [3.8, 4) is 0 Å². The van der Waals surface area contributed by atoms with Gasteiger partial charge in [0.05, 0.1) is 24.2 Å². The molecule has 8 heteroatoms. The molecule has 1 fully saturated rings. The number of hydrogen-bond donors (Lipinski definition) is 1. The van der Waals surface area contributed by atoms with E-state index >= 15 is 0 Å². The second-order valence-electron chi connectivity index (χ2n) is 8.24. The van der Waals surface area contributed by atoms with E-state index in [0.29, 0.717) is 26.3 Å². The zero-order valence-corrected chi connectivity index (χ0v) is 19.1. The number of sulfonamides is 1. The maximum Gasteiger partial charge on any atom is 0.244 e. The summed E-state index contributed by atoms with van der Waals surface area (Å²) >= 11 is 1.62. The number of morpholine rings is 1. The maximum atomic E-state index is 12.7. The van der Waals surface area contributed by atoms with Gasteiger partial charge >= 0.3 is 0 Å². The number of hydrogen-bond acceptors (Lipinski definition) is 5. The third-order valence-electron chi connectivity index (χ3n) is 4.90. The first-order valence-corrected chi connectivity index (χ1v) is 12.2. The number of rotatable bonds is 6. The highest BCUT2D eigenvalue weighted by Crippen LogP contribution is 2.35. The van der Waals surface area contributed by atoms with Crippen LogP contribution in [-0.4, -0.2) is 44.9 Å². The summed E-state index contributed by atoms with van der Waals surface area (Å²) in [5.74, 6) is -0.187. The van der Waals surface area contributed by atoms with Crippen LogP contribution in [0.4, 0.5) is 0 Å². The maximum absolute atomic E-state index is 12.7. The molecule has 30 heavy (non-hydrogen) atoms. The molecule has 162 valence electrons. The van der Waals surface area contributed by atoms with E-state index in [1.54, 1.807) is 41.7 Å². The number of nitrogens with one attached hydrogen (secondary N) is 1. The lowest BCUT2D eigenvalue weighted by Gasteiger charge is -2.30. The van der Waals surface area contributed by atoms with Crippen LogP contribution in [0.5, 0.6) is 0 Å². The SMILES string of the molecule is CC(C)(C)C(NC(=O)/C=C/c1ccc(S(=O)(=O)N2CCOCC2)cc1)c1cccs1. The summed E-state index contributed by atoms with van der Waals surface area (Å²) in [6.07, 6.45) is 3.17. The molecule has 1 N–H and O–H groups in total. The van der Waals surface area contributed by atoms with Crippen molar-refractivity contribution < 1.29 is 17.9 Å². The Bertz CT molecular complexity index is 969. The van der Waals surface area contributed by atoms with Crippen molar-refractivity contribution in [1.29, 1.82) is 0 Å². The van der Waals surface area contributed by atoms with E-state index in [0.717, 1.165) is 10.4 Å². The quantitative estimate of drug-likeness (QED) is 0.684. The van der Waals surface area contributed by atoms with E-state index < -0.39 is 10.0 Å². The Balaban J connectivity index is 1.66. The molecule has 1 amide bonds. The van der Waals surface area contributed by atoms with Crippen LogP contribution in [0.25, 0.3) is 6.08 Å². The summed E-state index contributed by atoms with van der Waals surface area (Å²) < 4.78 is 32.0. The Morgan fingerprint density at radius 1 is 1.17 bits per heavy atom. The number of carbonyl (C=O) groups is 1. The molecule has 0 spiro atoms. The topological polar surface area (TPSA) is 75.7 Å². The Morgan fingerprint density at radius 2 is 1.83 bits per heavy atom. The smallest absolute Gasteiger partial charge is 0.244 e. The van der Waals surface area contributed by atoms with Crippen LogP contribution in [0.3, 0.4) is 0 Å². The van der Waals surface area contributed by atoms with Crippen molar-refractivity contribution in [2.24, 2.45) is 5.41 Å². The number of amides is 1. The average Bonchev–Trinajstić information content (AvgIpc) is 3.25. The molecule has 2 aromatic rings. The first kappa shape index (κ1) is 22.7. The molecule has 2 heterocycles. The van der Waals surface area contributed by atoms with Crippen LogP contribution < -0.4 is 5.32 Å². The minimum absolute atomic E-state index is 0.0873. The van der Waals surface area contributed by atoms with Gasteiger partial charge in [0.2, 0.25) is 15.9 Å². The molecule has 1 unspecified atom stereocenters. The molecule has 0 bridgehead atoms. The fraction of sp³-hybridized carbons (Fsp3) is 0.409. The predicted molar refractivity (Wildman–Crippen MR) is 120 cm³/mol. The highest BCUT2D eigenvalue weighted by Gasteiger charge is 2.28. The zero-order chi connectivity index (χ0) is 21.8. The first-order valence-electron chi connectivity index (χ1n) is 9.88. The Labute approximate surface area is 182 Å². The van der Waals surface area contributed by atoms with Gasteiger partial charge in [0.1, 0.15) is 0 Å². The Hall–Kier alpha value is -2.00. The van der Waals surface area contributed by atoms with Crippen LogP contribution in [0.15, 0.2) is 52.7 Å². The van der Waals surface area contributed by atoms with Crippen LogP contribution in [-0.2, 0) is 19.6 Å². The standard InChI is InChI=1S/C22H28N2O4S2/c1-22(2,3)21(19-5-4-16-29-19)23-20(25)11-8-17-6-9-18(10-7-17)30(26,27)24-12-14-28-15-13-24/h4-11,16,21H,12-15H2,1-3H3,(H,23,25)/b11-8+. The van der Waals surface area contributed by atoms with E-state index in [2.05, 4.69) is 26.1 Å². The molecule has 0 aliphatic carbocycles. The van der Waals surface area contributed by atoms with Gasteiger partial charge in [-0.1, -0.05) is 39.0 Å². The van der Waals surface area contributed by atoms with Crippen LogP contribution in [0.1, 0.15) is 37.3 Å². The van der Waals surface area contributed by atoms with Gasteiger partial charge in [0.25, 0.3) is 0 Å². The zero-order valence-electron chi connectivity index (χ0n) is 17.5. The van der Waals surface area contributed by atoms with Crippen molar-refractivity contribution >= 4 is 33.3 Å². The van der Waals surface area contributed by atoms with Gasteiger partial charge in [-0.05, 0) is 40.6 Å². The molecule has 0 saturated carbocycles. The minimum atomic E-state index is -3.52. The molecule has 6 nitrogen and oxygen atoms in total. The van der Waals surface area contributed by atoms with E-state index in [4.69, 9.17) is 4.74 Å². The van der Waals surface area contributed by atoms with E-state index in [1.807, 2.05) is 17.5 Å². The summed E-state index contributed by atoms with van der Waals surface area (Å²) in [5, 5.41) is 5.08. The van der Waals surface area contributed by atoms with Crippen molar-refractivity contribution in [2.75, 3.05) is 26.3 Å². The van der Waals surface area contributed by atoms with Crippen LogP contribution >= 0.6 is 11.3 Å². The van der Waals surface area contributed by atoms with Crippen LogP contribution in [0.2, 0.25) is 0 Å². The summed E-state index contributed by atoms with van der Waals surface area (Å²) in [7, 11) is -3.52. The third kappa shape index (κ3) is 5.57. The molecular formula is C22H28N2O4S2. The van der Waals surface area contributed by atoms with E-state index in [-0.39, 0.29) is 22.3 Å². The largest absolute Gasteiger partial charge is 0.379 e. The fourth-order valence-electron chi connectivity index (χ4n) is 3.22. The minimum Gasteiger partial charge on any atom is -0.379 e. The third-order valence-corrected chi connectivity index (χ3v) is 7.75. The fourth-order valence-corrected chi connectivity index (χ4v) is 5.65. The van der Waals surface area contributed by atoms with Gasteiger partial charge in [-0.3, -0.25) is 4.79 Å². The molecular weight excluding hydrogens is 420 g/mol. The monoisotopic (exact) mass is 448 g/mol. The van der Waals surface area contributed by atoms with Gasteiger partial charge in [-0.25, -0.2) is 8.42 Å². The lowest BCUT2D eigenvalue weighted by atomic mass is 9.85. The first-order chi connectivity index (χ1) is 14.2. The summed E-state index contributed by atoms with van der Waals surface area (Å²) in [6.45, 7) is 7.83. The summed E-state index contributed by atoms with van der Waals surface area (Å²) in [4.78, 5) is 13.9. The van der Waals surface area contributed by atoms with Crippen molar-refractivity contribution in [3.63, 3.8) is 0 Å². The normalized spacial score (nSPS) is 17.2. The second-order valence-corrected chi connectivity index (χ2v) is 11.2. The van der Waals surface area contributed by atoms with E-state index in [1.165, 1.54) is 10.4 Å². The lowest BCUT2D eigenvalue weighted by Crippen LogP contribution is -2.40. The van der Waals surface area contributed by atoms with Crippen molar-refractivity contribution in [1.82, 2.24) is 9.62 Å². The van der Waals surface area contributed by atoms with E-state index in [9.17, 15) is 13.2 Å². The Kier molecular flexibility index (Phi) is 7.13. The molecule has 1 aliphatic heterocycles. The lowest BCUT2D eigenvalue weighted by molar-refractivity contribution is -0.117. The molecule has 3 rings (SSSR count). The van der Waals surface area contributed by atoms with Crippen molar-refractivity contribution in [2.45, 2.75) is 31.7 Å². The number of benzene rings is 1. The van der Waals surface area contributed by atoms with Crippen LogP contribution in [0, 0.1) is 5.41 Å². The molecule has 1 aromatic heterocycles. The van der Waals surface area contributed by atoms with Gasteiger partial charge in [-0.15, -0.1) is 11.3 Å².